The van der Waals surface area contributed by atoms with Crippen LogP contribution in [-0.2, 0) is 19.1 Å². The maximum atomic E-state index is 12.5. The molecule has 0 spiro atoms. The van der Waals surface area contributed by atoms with Crippen molar-refractivity contribution in [1.29, 1.82) is 0 Å². The SMILES string of the molecule is CC(C)(C)OC(=O)N1CCC(OC(=O)c2ccc(NC(=O)CCNC(=O)C(C)(C)C)cc2)CC1. The molecule has 1 aromatic carbocycles. The van der Waals surface area contributed by atoms with E-state index in [4.69, 9.17) is 9.47 Å². The summed E-state index contributed by atoms with van der Waals surface area (Å²) >= 11 is 0. The molecule has 9 nitrogen and oxygen atoms in total. The fourth-order valence-corrected chi connectivity index (χ4v) is 3.17. The number of hydrogen-bond donors (Lipinski definition) is 2. The van der Waals surface area contributed by atoms with Gasteiger partial charge in [0.2, 0.25) is 11.8 Å². The van der Waals surface area contributed by atoms with E-state index in [0.29, 0.717) is 37.2 Å². The first-order valence-electron chi connectivity index (χ1n) is 11.6. The summed E-state index contributed by atoms with van der Waals surface area (Å²) < 4.78 is 11.0. The highest BCUT2D eigenvalue weighted by Gasteiger charge is 2.28. The Morgan fingerprint density at radius 1 is 0.971 bits per heavy atom. The molecule has 0 atom stereocenters. The van der Waals surface area contributed by atoms with E-state index in [9.17, 15) is 19.2 Å². The van der Waals surface area contributed by atoms with Crippen LogP contribution in [0.3, 0.4) is 0 Å². The van der Waals surface area contributed by atoms with Gasteiger partial charge in [-0.1, -0.05) is 20.8 Å². The molecular weight excluding hydrogens is 438 g/mol. The third kappa shape index (κ3) is 9.03. The zero-order chi connectivity index (χ0) is 25.5. The number of nitrogens with zero attached hydrogens (tertiary/aromatic N) is 1. The van der Waals surface area contributed by atoms with Crippen LogP contribution in [-0.4, -0.2) is 60.1 Å². The summed E-state index contributed by atoms with van der Waals surface area (Å²) in [7, 11) is 0. The van der Waals surface area contributed by atoms with Gasteiger partial charge in [-0.3, -0.25) is 9.59 Å². The van der Waals surface area contributed by atoms with Crippen molar-refractivity contribution in [2.45, 2.75) is 72.5 Å². The lowest BCUT2D eigenvalue weighted by Crippen LogP contribution is -2.43. The minimum Gasteiger partial charge on any atom is -0.459 e. The molecule has 188 valence electrons. The Morgan fingerprint density at radius 3 is 2.09 bits per heavy atom. The van der Waals surface area contributed by atoms with E-state index in [-0.39, 0.29) is 37.0 Å². The number of carbonyl (C=O) groups is 4. The van der Waals surface area contributed by atoms with Crippen LogP contribution in [0, 0.1) is 5.41 Å². The molecule has 1 aliphatic rings. The van der Waals surface area contributed by atoms with E-state index in [1.807, 2.05) is 41.5 Å². The van der Waals surface area contributed by atoms with Crippen molar-refractivity contribution < 1.29 is 28.7 Å². The van der Waals surface area contributed by atoms with Crippen LogP contribution in [0.15, 0.2) is 24.3 Å². The molecular formula is C25H37N3O6. The maximum Gasteiger partial charge on any atom is 0.410 e. The average molecular weight is 476 g/mol. The average Bonchev–Trinajstić information content (AvgIpc) is 2.72. The van der Waals surface area contributed by atoms with E-state index in [1.165, 1.54) is 0 Å². The minimum atomic E-state index is -0.547. The maximum absolute atomic E-state index is 12.5. The van der Waals surface area contributed by atoms with E-state index in [2.05, 4.69) is 10.6 Å². The molecule has 0 saturated carbocycles. The first kappa shape index (κ1) is 27.1. The topological polar surface area (TPSA) is 114 Å². The third-order valence-corrected chi connectivity index (χ3v) is 5.09. The Morgan fingerprint density at radius 2 is 1.56 bits per heavy atom. The zero-order valence-corrected chi connectivity index (χ0v) is 21.0. The van der Waals surface area contributed by atoms with Crippen molar-refractivity contribution in [2.75, 3.05) is 25.0 Å². The van der Waals surface area contributed by atoms with Crippen LogP contribution in [0.4, 0.5) is 10.5 Å². The zero-order valence-electron chi connectivity index (χ0n) is 21.0. The summed E-state index contributed by atoms with van der Waals surface area (Å²) in [5, 5.41) is 5.47. The van der Waals surface area contributed by atoms with Crippen molar-refractivity contribution >= 4 is 29.6 Å². The molecule has 0 bridgehead atoms. The van der Waals surface area contributed by atoms with Crippen molar-refractivity contribution in [2.24, 2.45) is 5.41 Å². The minimum absolute atomic E-state index is 0.112. The number of nitrogens with one attached hydrogen (secondary N) is 2. The van der Waals surface area contributed by atoms with Gasteiger partial charge in [0.15, 0.2) is 0 Å². The van der Waals surface area contributed by atoms with Crippen molar-refractivity contribution in [3.8, 4) is 0 Å². The molecule has 34 heavy (non-hydrogen) atoms. The summed E-state index contributed by atoms with van der Waals surface area (Å²) in [4.78, 5) is 50.2. The van der Waals surface area contributed by atoms with Crippen LogP contribution in [0.25, 0.3) is 0 Å². The van der Waals surface area contributed by atoms with Gasteiger partial charge in [-0.2, -0.15) is 0 Å². The second-order valence-electron chi connectivity index (χ2n) is 10.5. The van der Waals surface area contributed by atoms with Gasteiger partial charge in [0.1, 0.15) is 11.7 Å². The number of esters is 1. The fraction of sp³-hybridized carbons (Fsp3) is 0.600. The van der Waals surface area contributed by atoms with Crippen molar-refractivity contribution in [3.63, 3.8) is 0 Å². The summed E-state index contributed by atoms with van der Waals surface area (Å²) in [6, 6.07) is 6.45. The molecule has 3 amide bonds. The molecule has 1 aromatic rings. The number of ether oxygens (including phenoxy) is 2. The van der Waals surface area contributed by atoms with Crippen LogP contribution in [0.2, 0.25) is 0 Å². The molecule has 2 N–H and O–H groups in total. The smallest absolute Gasteiger partial charge is 0.410 e. The number of benzene rings is 1. The largest absolute Gasteiger partial charge is 0.459 e. The molecule has 0 radical (unpaired) electrons. The Labute approximate surface area is 201 Å². The Hall–Kier alpha value is -3.10. The standard InChI is InChI=1S/C25H37N3O6/c1-24(2,3)22(31)26-14-11-20(29)27-18-9-7-17(8-10-18)21(30)33-19-12-15-28(16-13-19)23(32)34-25(4,5)6/h7-10,19H,11-16H2,1-6H3,(H,26,31)(H,27,29). The molecule has 0 aromatic heterocycles. The molecule has 1 aliphatic heterocycles. The van der Waals surface area contributed by atoms with Gasteiger partial charge in [0.05, 0.1) is 5.56 Å². The Balaban J connectivity index is 1.75. The molecule has 0 unspecified atom stereocenters. The number of amides is 3. The van der Waals surface area contributed by atoms with Gasteiger partial charge in [0.25, 0.3) is 0 Å². The Bertz CT molecular complexity index is 875. The summed E-state index contributed by atoms with van der Waals surface area (Å²) in [6.45, 7) is 12.1. The van der Waals surface area contributed by atoms with E-state index in [0.717, 1.165) is 0 Å². The highest BCUT2D eigenvalue weighted by atomic mass is 16.6. The fourth-order valence-electron chi connectivity index (χ4n) is 3.17. The molecule has 1 fully saturated rings. The van der Waals surface area contributed by atoms with Gasteiger partial charge >= 0.3 is 12.1 Å². The predicted molar refractivity (Wildman–Crippen MR) is 128 cm³/mol. The molecule has 1 heterocycles. The second-order valence-corrected chi connectivity index (χ2v) is 10.5. The van der Waals surface area contributed by atoms with Crippen LogP contribution >= 0.6 is 0 Å². The van der Waals surface area contributed by atoms with Crippen LogP contribution in [0.5, 0.6) is 0 Å². The van der Waals surface area contributed by atoms with Gasteiger partial charge in [0, 0.05) is 50.0 Å². The monoisotopic (exact) mass is 475 g/mol. The lowest BCUT2D eigenvalue weighted by Gasteiger charge is -2.33. The number of piperidine rings is 1. The van der Waals surface area contributed by atoms with Gasteiger partial charge in [-0.15, -0.1) is 0 Å². The highest BCUT2D eigenvalue weighted by Crippen LogP contribution is 2.19. The van der Waals surface area contributed by atoms with E-state index >= 15 is 0 Å². The normalized spacial score (nSPS) is 14.8. The number of likely N-dealkylation sites (tertiary alicyclic amines) is 1. The number of rotatable bonds is 6. The quantitative estimate of drug-likeness (QED) is 0.606. The molecule has 1 saturated heterocycles. The van der Waals surface area contributed by atoms with Gasteiger partial charge in [-0.05, 0) is 45.0 Å². The van der Waals surface area contributed by atoms with Gasteiger partial charge in [-0.25, -0.2) is 9.59 Å². The molecule has 9 heteroatoms. The lowest BCUT2D eigenvalue weighted by molar-refractivity contribution is -0.128. The highest BCUT2D eigenvalue weighted by molar-refractivity contribution is 5.93. The van der Waals surface area contributed by atoms with Crippen molar-refractivity contribution in [1.82, 2.24) is 10.2 Å². The van der Waals surface area contributed by atoms with E-state index < -0.39 is 17.0 Å². The predicted octanol–water partition coefficient (Wildman–Crippen LogP) is 3.73. The van der Waals surface area contributed by atoms with Crippen LogP contribution in [0.1, 0.15) is 71.2 Å². The molecule has 0 aliphatic carbocycles. The number of anilines is 1. The molecule has 2 rings (SSSR count). The first-order chi connectivity index (χ1) is 15.7. The van der Waals surface area contributed by atoms with E-state index in [1.54, 1.807) is 29.2 Å². The number of carbonyl (C=O) groups excluding carboxylic acids is 4. The first-order valence-corrected chi connectivity index (χ1v) is 11.6. The van der Waals surface area contributed by atoms with Crippen molar-refractivity contribution in [3.05, 3.63) is 29.8 Å². The lowest BCUT2D eigenvalue weighted by atomic mass is 9.96. The Kier molecular flexibility index (Phi) is 9.06. The van der Waals surface area contributed by atoms with Crippen LogP contribution < -0.4 is 10.6 Å². The summed E-state index contributed by atoms with van der Waals surface area (Å²) in [5.41, 5.74) is -0.121. The van der Waals surface area contributed by atoms with Gasteiger partial charge < -0.3 is 25.0 Å². The number of hydrogen-bond acceptors (Lipinski definition) is 6. The second kappa shape index (κ2) is 11.4. The summed E-state index contributed by atoms with van der Waals surface area (Å²) in [6.07, 6.45) is 0.615. The summed E-state index contributed by atoms with van der Waals surface area (Å²) in [5.74, 6) is -0.793. The third-order valence-electron chi connectivity index (χ3n) is 5.09.